The summed E-state index contributed by atoms with van der Waals surface area (Å²) >= 11 is 3.54. The fraction of sp³-hybridized carbons (Fsp3) is 0.182. The van der Waals surface area contributed by atoms with E-state index in [0.29, 0.717) is 29.4 Å². The molecular weight excluding hydrogens is 436 g/mol. The first-order chi connectivity index (χ1) is 14.1. The van der Waals surface area contributed by atoms with Gasteiger partial charge in [0.15, 0.2) is 6.61 Å². The monoisotopic (exact) mass is 456 g/mol. The van der Waals surface area contributed by atoms with Crippen molar-refractivity contribution in [3.8, 4) is 17.2 Å². The largest absolute Gasteiger partial charge is 0.497 e. The van der Waals surface area contributed by atoms with Gasteiger partial charge in [0, 0.05) is 5.56 Å². The highest BCUT2D eigenvalue weighted by Gasteiger charge is 2.08. The van der Waals surface area contributed by atoms with Crippen molar-refractivity contribution in [2.75, 3.05) is 20.3 Å². The van der Waals surface area contributed by atoms with Gasteiger partial charge in [-0.2, -0.15) is 5.10 Å². The SMILES string of the molecule is CCOc1ccc(OC)cc1/C=N/NC(=O)COc1ccc2ccccc2c1Br. The number of carbonyl (C=O) groups is 1. The summed E-state index contributed by atoms with van der Waals surface area (Å²) in [6.07, 6.45) is 1.51. The molecule has 0 aromatic heterocycles. The molecule has 1 amide bonds. The second kappa shape index (κ2) is 9.93. The minimum absolute atomic E-state index is 0.162. The van der Waals surface area contributed by atoms with Gasteiger partial charge < -0.3 is 14.2 Å². The standard InChI is InChI=1S/C22H21BrN2O4/c1-3-28-19-11-9-17(27-2)12-16(19)13-24-25-21(26)14-29-20-10-8-15-6-4-5-7-18(15)22(20)23/h4-13H,3,14H2,1-2H3,(H,25,26)/b24-13+. The number of hydrazone groups is 1. The van der Waals surface area contributed by atoms with Crippen molar-refractivity contribution < 1.29 is 19.0 Å². The van der Waals surface area contributed by atoms with Gasteiger partial charge in [0.25, 0.3) is 5.91 Å². The number of rotatable bonds is 8. The van der Waals surface area contributed by atoms with Crippen LogP contribution >= 0.6 is 15.9 Å². The number of halogens is 1. The quantitative estimate of drug-likeness (QED) is 0.399. The lowest BCUT2D eigenvalue weighted by molar-refractivity contribution is -0.123. The topological polar surface area (TPSA) is 69.2 Å². The van der Waals surface area contributed by atoms with Crippen molar-refractivity contribution in [3.63, 3.8) is 0 Å². The van der Waals surface area contributed by atoms with Gasteiger partial charge in [-0.3, -0.25) is 4.79 Å². The van der Waals surface area contributed by atoms with Crippen LogP contribution in [0.1, 0.15) is 12.5 Å². The van der Waals surface area contributed by atoms with Crippen molar-refractivity contribution in [1.82, 2.24) is 5.43 Å². The molecule has 0 atom stereocenters. The van der Waals surface area contributed by atoms with Crippen molar-refractivity contribution >= 4 is 38.8 Å². The Morgan fingerprint density at radius 1 is 1.10 bits per heavy atom. The predicted molar refractivity (Wildman–Crippen MR) is 117 cm³/mol. The van der Waals surface area contributed by atoms with E-state index >= 15 is 0 Å². The van der Waals surface area contributed by atoms with E-state index in [1.54, 1.807) is 25.3 Å². The Labute approximate surface area is 177 Å². The number of nitrogens with one attached hydrogen (secondary N) is 1. The van der Waals surface area contributed by atoms with Gasteiger partial charge in [0.2, 0.25) is 0 Å². The van der Waals surface area contributed by atoms with Crippen LogP contribution in [0.25, 0.3) is 10.8 Å². The molecule has 0 heterocycles. The van der Waals surface area contributed by atoms with Gasteiger partial charge in [0.1, 0.15) is 17.2 Å². The first-order valence-corrected chi connectivity index (χ1v) is 9.84. The van der Waals surface area contributed by atoms with E-state index < -0.39 is 0 Å². The maximum atomic E-state index is 12.1. The number of carbonyl (C=O) groups excluding carboxylic acids is 1. The molecule has 0 aliphatic carbocycles. The second-order valence-corrected chi connectivity index (χ2v) is 6.81. The maximum absolute atomic E-state index is 12.1. The molecule has 6 nitrogen and oxygen atoms in total. The fourth-order valence-electron chi connectivity index (χ4n) is 2.72. The summed E-state index contributed by atoms with van der Waals surface area (Å²) in [5, 5.41) is 6.10. The number of ether oxygens (including phenoxy) is 3. The molecule has 0 spiro atoms. The number of amides is 1. The molecule has 0 bridgehead atoms. The molecule has 0 unspecified atom stereocenters. The molecule has 0 aliphatic heterocycles. The summed E-state index contributed by atoms with van der Waals surface area (Å²) < 4.78 is 17.2. The summed E-state index contributed by atoms with van der Waals surface area (Å²) in [6, 6.07) is 17.1. The van der Waals surface area contributed by atoms with Crippen LogP contribution < -0.4 is 19.6 Å². The molecule has 150 valence electrons. The Bertz CT molecular complexity index is 1040. The van der Waals surface area contributed by atoms with Gasteiger partial charge in [-0.05, 0) is 57.9 Å². The minimum Gasteiger partial charge on any atom is -0.497 e. The second-order valence-electron chi connectivity index (χ2n) is 6.02. The van der Waals surface area contributed by atoms with Crippen LogP contribution in [0.15, 0.2) is 64.2 Å². The normalized spacial score (nSPS) is 10.9. The van der Waals surface area contributed by atoms with E-state index in [4.69, 9.17) is 14.2 Å². The van der Waals surface area contributed by atoms with Crippen molar-refractivity contribution in [2.24, 2.45) is 5.10 Å². The predicted octanol–water partition coefficient (Wildman–Crippen LogP) is 4.54. The molecule has 7 heteroatoms. The van der Waals surface area contributed by atoms with Crippen LogP contribution in [-0.4, -0.2) is 32.4 Å². The molecule has 0 saturated carbocycles. The van der Waals surface area contributed by atoms with E-state index in [-0.39, 0.29) is 12.5 Å². The smallest absolute Gasteiger partial charge is 0.277 e. The molecule has 3 aromatic carbocycles. The molecule has 29 heavy (non-hydrogen) atoms. The highest BCUT2D eigenvalue weighted by Crippen LogP contribution is 2.32. The lowest BCUT2D eigenvalue weighted by Crippen LogP contribution is -2.24. The van der Waals surface area contributed by atoms with Crippen LogP contribution in [0.4, 0.5) is 0 Å². The van der Waals surface area contributed by atoms with E-state index in [2.05, 4.69) is 26.5 Å². The van der Waals surface area contributed by atoms with Gasteiger partial charge >= 0.3 is 0 Å². The number of methoxy groups -OCH3 is 1. The zero-order valence-electron chi connectivity index (χ0n) is 16.1. The minimum atomic E-state index is -0.373. The molecular formula is C22H21BrN2O4. The highest BCUT2D eigenvalue weighted by atomic mass is 79.9. The van der Waals surface area contributed by atoms with E-state index in [9.17, 15) is 4.79 Å². The summed E-state index contributed by atoms with van der Waals surface area (Å²) in [5.41, 5.74) is 3.16. The summed E-state index contributed by atoms with van der Waals surface area (Å²) in [6.45, 7) is 2.26. The van der Waals surface area contributed by atoms with Crippen LogP contribution in [0.3, 0.4) is 0 Å². The number of hydrogen-bond donors (Lipinski definition) is 1. The van der Waals surface area contributed by atoms with Crippen molar-refractivity contribution in [1.29, 1.82) is 0 Å². The first kappa shape index (κ1) is 20.7. The molecule has 0 radical (unpaired) electrons. The van der Waals surface area contributed by atoms with Gasteiger partial charge in [-0.1, -0.05) is 30.3 Å². The van der Waals surface area contributed by atoms with Gasteiger partial charge in [-0.25, -0.2) is 5.43 Å². The number of nitrogens with zero attached hydrogens (tertiary/aromatic N) is 1. The molecule has 3 rings (SSSR count). The first-order valence-electron chi connectivity index (χ1n) is 9.05. The number of benzene rings is 3. The summed E-state index contributed by atoms with van der Waals surface area (Å²) in [4.78, 5) is 12.1. The average Bonchev–Trinajstić information content (AvgIpc) is 2.74. The lowest BCUT2D eigenvalue weighted by Gasteiger charge is -2.10. The van der Waals surface area contributed by atoms with E-state index in [1.165, 1.54) is 6.21 Å². The van der Waals surface area contributed by atoms with Gasteiger partial charge in [0.05, 0.1) is 24.4 Å². The highest BCUT2D eigenvalue weighted by molar-refractivity contribution is 9.10. The lowest BCUT2D eigenvalue weighted by atomic mass is 10.1. The Morgan fingerprint density at radius 3 is 2.69 bits per heavy atom. The third kappa shape index (κ3) is 5.26. The fourth-order valence-corrected chi connectivity index (χ4v) is 3.32. The number of fused-ring (bicyclic) bond motifs is 1. The van der Waals surface area contributed by atoms with Crippen LogP contribution in [-0.2, 0) is 4.79 Å². The van der Waals surface area contributed by atoms with Crippen LogP contribution in [0.5, 0.6) is 17.2 Å². The van der Waals surface area contributed by atoms with E-state index in [1.807, 2.05) is 43.3 Å². The molecule has 0 saturated heterocycles. The Hall–Kier alpha value is -3.06. The molecule has 1 N–H and O–H groups in total. The summed E-state index contributed by atoms with van der Waals surface area (Å²) in [5.74, 6) is 1.55. The Kier molecular flexibility index (Phi) is 7.08. The average molecular weight is 457 g/mol. The van der Waals surface area contributed by atoms with E-state index in [0.717, 1.165) is 15.2 Å². The van der Waals surface area contributed by atoms with Crippen molar-refractivity contribution in [2.45, 2.75) is 6.92 Å². The summed E-state index contributed by atoms with van der Waals surface area (Å²) in [7, 11) is 1.58. The van der Waals surface area contributed by atoms with Crippen molar-refractivity contribution in [3.05, 3.63) is 64.6 Å². The zero-order valence-corrected chi connectivity index (χ0v) is 17.7. The third-order valence-corrected chi connectivity index (χ3v) is 4.91. The molecule has 0 fully saturated rings. The maximum Gasteiger partial charge on any atom is 0.277 e. The Balaban J connectivity index is 1.61. The van der Waals surface area contributed by atoms with Crippen LogP contribution in [0.2, 0.25) is 0 Å². The third-order valence-electron chi connectivity index (χ3n) is 4.10. The van der Waals surface area contributed by atoms with Crippen LogP contribution in [0, 0.1) is 0 Å². The number of hydrogen-bond acceptors (Lipinski definition) is 5. The zero-order chi connectivity index (χ0) is 20.6. The Morgan fingerprint density at radius 2 is 1.90 bits per heavy atom. The molecule has 0 aliphatic rings. The molecule has 3 aromatic rings. The van der Waals surface area contributed by atoms with Gasteiger partial charge in [-0.15, -0.1) is 0 Å².